The minimum absolute atomic E-state index is 0.0421. The summed E-state index contributed by atoms with van der Waals surface area (Å²) in [6.07, 6.45) is 11.2. The molecule has 2 saturated heterocycles. The lowest BCUT2D eigenvalue weighted by Crippen LogP contribution is -2.36. The van der Waals surface area contributed by atoms with Crippen molar-refractivity contribution < 1.29 is 19.1 Å². The van der Waals surface area contributed by atoms with E-state index in [1.807, 2.05) is 0 Å². The Morgan fingerprint density at radius 3 is 1.62 bits per heavy atom. The first-order valence-electron chi connectivity index (χ1n) is 14.1. The zero-order chi connectivity index (χ0) is 24.8. The summed E-state index contributed by atoms with van der Waals surface area (Å²) in [6.45, 7) is 15.7. The van der Waals surface area contributed by atoms with Crippen molar-refractivity contribution in [2.75, 3.05) is 52.5 Å². The van der Waals surface area contributed by atoms with Crippen LogP contribution in [0, 0.1) is 23.7 Å². The molecule has 198 valence electrons. The molecule has 0 saturated carbocycles. The topological polar surface area (TPSA) is 59.1 Å². The fourth-order valence-corrected chi connectivity index (χ4v) is 4.95. The molecule has 0 aromatic heterocycles. The minimum atomic E-state index is -0.0524. The normalized spacial score (nSPS) is 19.9. The van der Waals surface area contributed by atoms with Gasteiger partial charge in [-0.1, -0.05) is 53.4 Å². The number of nitrogens with zero attached hydrogens (tertiary/aromatic N) is 2. The third-order valence-electron chi connectivity index (χ3n) is 7.71. The van der Waals surface area contributed by atoms with Crippen molar-refractivity contribution in [3.8, 4) is 0 Å². The van der Waals surface area contributed by atoms with Gasteiger partial charge >= 0.3 is 11.9 Å². The smallest absolute Gasteiger partial charge is 0.307 e. The molecule has 0 amide bonds. The molecule has 6 heteroatoms. The first kappa shape index (κ1) is 29.1. The highest BCUT2D eigenvalue weighted by molar-refractivity contribution is 5.69. The second-order valence-electron chi connectivity index (χ2n) is 11.3. The van der Waals surface area contributed by atoms with Crippen LogP contribution in [0.4, 0.5) is 0 Å². The number of esters is 2. The molecular formula is C28H52N2O4. The van der Waals surface area contributed by atoms with Crippen molar-refractivity contribution in [1.82, 2.24) is 9.80 Å². The maximum Gasteiger partial charge on any atom is 0.307 e. The molecule has 0 bridgehead atoms. The summed E-state index contributed by atoms with van der Waals surface area (Å²) in [4.78, 5) is 28.6. The number of carbonyl (C=O) groups is 2. The summed E-state index contributed by atoms with van der Waals surface area (Å²) in [5.41, 5.74) is 0. The molecule has 0 aromatic rings. The molecule has 0 spiro atoms. The molecule has 6 nitrogen and oxygen atoms in total. The molecule has 2 heterocycles. The van der Waals surface area contributed by atoms with Gasteiger partial charge in [0, 0.05) is 13.1 Å². The van der Waals surface area contributed by atoms with Gasteiger partial charge in [-0.3, -0.25) is 9.59 Å². The van der Waals surface area contributed by atoms with Gasteiger partial charge in [-0.2, -0.15) is 0 Å². The fraction of sp³-hybridized carbons (Fsp3) is 0.929. The molecule has 0 N–H and O–H groups in total. The Morgan fingerprint density at radius 2 is 1.21 bits per heavy atom. The van der Waals surface area contributed by atoms with Crippen LogP contribution in [0.3, 0.4) is 0 Å². The molecule has 34 heavy (non-hydrogen) atoms. The van der Waals surface area contributed by atoms with Crippen LogP contribution in [-0.4, -0.2) is 74.2 Å². The summed E-state index contributed by atoms with van der Waals surface area (Å²) in [7, 11) is 0. The highest BCUT2D eigenvalue weighted by Crippen LogP contribution is 2.27. The molecular weight excluding hydrogens is 428 g/mol. The maximum atomic E-state index is 11.9. The van der Waals surface area contributed by atoms with E-state index in [0.717, 1.165) is 57.5 Å². The number of rotatable bonds is 15. The number of likely N-dealkylation sites (tertiary alicyclic amines) is 2. The molecule has 2 aliphatic heterocycles. The van der Waals surface area contributed by atoms with Gasteiger partial charge in [0.05, 0.1) is 26.1 Å². The monoisotopic (exact) mass is 480 g/mol. The SMILES string of the molecule is CCC(C)COC(=O)CCN1CCC(CCCC2CCN(CCC(=O)OCC(C)C)CC2)CC1. The lowest BCUT2D eigenvalue weighted by molar-refractivity contribution is -0.146. The van der Waals surface area contributed by atoms with Crippen molar-refractivity contribution in [1.29, 1.82) is 0 Å². The molecule has 2 fully saturated rings. The van der Waals surface area contributed by atoms with Crippen LogP contribution in [0.25, 0.3) is 0 Å². The van der Waals surface area contributed by atoms with Gasteiger partial charge in [-0.15, -0.1) is 0 Å². The van der Waals surface area contributed by atoms with Crippen LogP contribution >= 0.6 is 0 Å². The van der Waals surface area contributed by atoms with Crippen molar-refractivity contribution in [2.45, 2.75) is 91.9 Å². The molecule has 1 unspecified atom stereocenters. The average Bonchev–Trinajstić information content (AvgIpc) is 2.85. The van der Waals surface area contributed by atoms with Gasteiger partial charge in [0.15, 0.2) is 0 Å². The second kappa shape index (κ2) is 16.5. The minimum Gasteiger partial charge on any atom is -0.465 e. The van der Waals surface area contributed by atoms with Crippen LogP contribution in [-0.2, 0) is 19.1 Å². The number of carbonyl (C=O) groups excluding carboxylic acids is 2. The van der Waals surface area contributed by atoms with Crippen molar-refractivity contribution in [3.05, 3.63) is 0 Å². The Labute approximate surface area is 209 Å². The number of ether oxygens (including phenoxy) is 2. The third-order valence-corrected chi connectivity index (χ3v) is 7.71. The van der Waals surface area contributed by atoms with Gasteiger partial charge in [-0.25, -0.2) is 0 Å². The van der Waals surface area contributed by atoms with E-state index in [9.17, 15) is 9.59 Å². The van der Waals surface area contributed by atoms with E-state index in [1.165, 1.54) is 44.9 Å². The van der Waals surface area contributed by atoms with Gasteiger partial charge in [0.25, 0.3) is 0 Å². The van der Waals surface area contributed by atoms with E-state index in [0.29, 0.717) is 37.9 Å². The fourth-order valence-electron chi connectivity index (χ4n) is 4.95. The molecule has 2 aliphatic rings. The standard InChI is InChI=1S/C28H52N2O4/c1-5-24(4)22-34-28(32)14-20-30-17-11-26(12-18-30)8-6-7-25-9-15-29(16-10-25)19-13-27(31)33-21-23(2)3/h23-26H,5-22H2,1-4H3. The summed E-state index contributed by atoms with van der Waals surface area (Å²) < 4.78 is 10.7. The second-order valence-corrected chi connectivity index (χ2v) is 11.3. The van der Waals surface area contributed by atoms with Crippen molar-refractivity contribution >= 4 is 11.9 Å². The first-order valence-corrected chi connectivity index (χ1v) is 14.1. The summed E-state index contributed by atoms with van der Waals surface area (Å²) in [5, 5.41) is 0. The van der Waals surface area contributed by atoms with E-state index < -0.39 is 0 Å². The number of piperidine rings is 2. The van der Waals surface area contributed by atoms with E-state index in [-0.39, 0.29) is 11.9 Å². The lowest BCUT2D eigenvalue weighted by Gasteiger charge is -2.33. The van der Waals surface area contributed by atoms with E-state index in [1.54, 1.807) is 0 Å². The van der Waals surface area contributed by atoms with Crippen molar-refractivity contribution in [3.63, 3.8) is 0 Å². The summed E-state index contributed by atoms with van der Waals surface area (Å²) in [6, 6.07) is 0. The van der Waals surface area contributed by atoms with Crippen LogP contribution in [0.2, 0.25) is 0 Å². The first-order chi connectivity index (χ1) is 16.4. The highest BCUT2D eigenvalue weighted by atomic mass is 16.5. The van der Waals surface area contributed by atoms with Crippen LogP contribution in [0.5, 0.6) is 0 Å². The van der Waals surface area contributed by atoms with E-state index >= 15 is 0 Å². The Balaban J connectivity index is 1.46. The predicted octanol–water partition coefficient (Wildman–Crippen LogP) is 5.15. The molecule has 0 radical (unpaired) electrons. The third kappa shape index (κ3) is 12.5. The Kier molecular flexibility index (Phi) is 14.1. The molecule has 2 rings (SSSR count). The van der Waals surface area contributed by atoms with E-state index in [2.05, 4.69) is 37.5 Å². The number of hydrogen-bond acceptors (Lipinski definition) is 6. The van der Waals surface area contributed by atoms with E-state index in [4.69, 9.17) is 9.47 Å². The Hall–Kier alpha value is -1.14. The van der Waals surface area contributed by atoms with Gasteiger partial charge in [0.2, 0.25) is 0 Å². The Bertz CT molecular complexity index is 567. The van der Waals surface area contributed by atoms with Crippen LogP contribution in [0.1, 0.15) is 91.9 Å². The summed E-state index contributed by atoms with van der Waals surface area (Å²) >= 11 is 0. The molecule has 0 aliphatic carbocycles. The van der Waals surface area contributed by atoms with Gasteiger partial charge in [0.1, 0.15) is 0 Å². The predicted molar refractivity (Wildman–Crippen MR) is 138 cm³/mol. The number of hydrogen-bond donors (Lipinski definition) is 0. The average molecular weight is 481 g/mol. The zero-order valence-corrected chi connectivity index (χ0v) is 22.6. The van der Waals surface area contributed by atoms with Gasteiger partial charge in [-0.05, 0) is 75.5 Å². The van der Waals surface area contributed by atoms with Gasteiger partial charge < -0.3 is 19.3 Å². The Morgan fingerprint density at radius 1 is 0.765 bits per heavy atom. The highest BCUT2D eigenvalue weighted by Gasteiger charge is 2.22. The van der Waals surface area contributed by atoms with Crippen LogP contribution < -0.4 is 0 Å². The van der Waals surface area contributed by atoms with Crippen molar-refractivity contribution in [2.24, 2.45) is 23.7 Å². The largest absolute Gasteiger partial charge is 0.465 e. The quantitative estimate of drug-likeness (QED) is 0.302. The summed E-state index contributed by atoms with van der Waals surface area (Å²) in [5.74, 6) is 2.47. The maximum absolute atomic E-state index is 11.9. The lowest BCUT2D eigenvalue weighted by atomic mass is 9.87. The molecule has 0 aromatic carbocycles. The van der Waals surface area contributed by atoms with Crippen LogP contribution in [0.15, 0.2) is 0 Å². The molecule has 1 atom stereocenters. The zero-order valence-electron chi connectivity index (χ0n) is 22.6.